The normalized spacial score (nSPS) is 15.6. The van der Waals surface area contributed by atoms with E-state index in [0.717, 1.165) is 12.8 Å². The van der Waals surface area contributed by atoms with E-state index in [-0.39, 0.29) is 16.9 Å². The van der Waals surface area contributed by atoms with Gasteiger partial charge in [0.15, 0.2) is 10.8 Å². The maximum Gasteiger partial charge on any atom is 0.328 e. The van der Waals surface area contributed by atoms with Gasteiger partial charge in [-0.2, -0.15) is 8.42 Å². The van der Waals surface area contributed by atoms with Crippen molar-refractivity contribution in [3.63, 3.8) is 0 Å². The lowest BCUT2D eigenvalue weighted by molar-refractivity contribution is 0.245. The van der Waals surface area contributed by atoms with E-state index in [4.69, 9.17) is 5.73 Å². The van der Waals surface area contributed by atoms with Crippen molar-refractivity contribution in [2.45, 2.75) is 23.9 Å². The number of anilines is 1. The average Bonchev–Trinajstić information content (AvgIpc) is 2.90. The third kappa shape index (κ3) is 2.49. The molecule has 0 aliphatic heterocycles. The second kappa shape index (κ2) is 3.91. The highest BCUT2D eigenvalue weighted by Crippen LogP contribution is 2.19. The maximum absolute atomic E-state index is 11.8. The fourth-order valence-corrected chi connectivity index (χ4v) is 2.53. The third-order valence-corrected chi connectivity index (χ3v) is 3.76. The molecule has 1 aromatic heterocycles. The van der Waals surface area contributed by atoms with Crippen molar-refractivity contribution in [1.29, 1.82) is 0 Å². The number of nitrogens with two attached hydrogens (primary N) is 1. The fourth-order valence-electron chi connectivity index (χ4n) is 1.38. The van der Waals surface area contributed by atoms with Gasteiger partial charge in [-0.25, -0.2) is 14.5 Å². The Morgan fingerprint density at radius 1 is 1.59 bits per heavy atom. The van der Waals surface area contributed by atoms with Gasteiger partial charge in [-0.3, -0.25) is 0 Å². The zero-order valence-electron chi connectivity index (χ0n) is 9.17. The van der Waals surface area contributed by atoms with Crippen LogP contribution in [0.4, 0.5) is 10.6 Å². The monoisotopic (exact) mass is 259 g/mol. The summed E-state index contributed by atoms with van der Waals surface area (Å²) in [6, 6.07) is -0.665. The van der Waals surface area contributed by atoms with Gasteiger partial charge in [0.25, 0.3) is 10.0 Å². The first-order valence-corrected chi connectivity index (χ1v) is 6.48. The molecule has 0 unspecified atom stereocenters. The number of sulfonamides is 1. The molecular formula is C8H13N5O3S. The molecule has 1 fully saturated rings. The summed E-state index contributed by atoms with van der Waals surface area (Å²) in [5.74, 6) is -0.140. The molecule has 1 aliphatic rings. The van der Waals surface area contributed by atoms with Crippen LogP contribution in [-0.4, -0.2) is 30.0 Å². The molecule has 0 bridgehead atoms. The Bertz CT molecular complexity index is 526. The number of nitrogens with zero attached hydrogens (tertiary/aromatic N) is 2. The minimum atomic E-state index is -3.98. The summed E-state index contributed by atoms with van der Waals surface area (Å²) in [5, 5.41) is 2.29. The van der Waals surface area contributed by atoms with Crippen LogP contribution in [0.2, 0.25) is 0 Å². The van der Waals surface area contributed by atoms with Gasteiger partial charge >= 0.3 is 6.03 Å². The molecule has 17 heavy (non-hydrogen) atoms. The Kier molecular flexibility index (Phi) is 2.69. The highest BCUT2D eigenvalue weighted by atomic mass is 32.2. The molecule has 2 rings (SSSR count). The number of carbonyl (C=O) groups excluding carboxylic acids is 1. The Hall–Kier alpha value is -1.77. The zero-order chi connectivity index (χ0) is 12.6. The summed E-state index contributed by atoms with van der Waals surface area (Å²) in [6.07, 6.45) is 3.02. The van der Waals surface area contributed by atoms with E-state index in [1.807, 2.05) is 4.72 Å². The number of aromatic nitrogens is 2. The van der Waals surface area contributed by atoms with Crippen LogP contribution < -0.4 is 15.8 Å². The van der Waals surface area contributed by atoms with E-state index in [9.17, 15) is 13.2 Å². The van der Waals surface area contributed by atoms with Gasteiger partial charge in [0, 0.05) is 13.1 Å². The maximum atomic E-state index is 11.8. The first kappa shape index (κ1) is 11.7. The lowest BCUT2D eigenvalue weighted by Crippen LogP contribution is -2.41. The van der Waals surface area contributed by atoms with Gasteiger partial charge in [0.2, 0.25) is 0 Å². The molecule has 8 nitrogen and oxygen atoms in total. The van der Waals surface area contributed by atoms with Gasteiger partial charge in [-0.05, 0) is 12.8 Å². The number of carbonyl (C=O) groups is 1. The summed E-state index contributed by atoms with van der Waals surface area (Å²) >= 11 is 0. The number of amides is 2. The summed E-state index contributed by atoms with van der Waals surface area (Å²) in [5.41, 5.74) is 5.43. The number of hydrogen-bond acceptors (Lipinski definition) is 5. The van der Waals surface area contributed by atoms with Crippen LogP contribution in [-0.2, 0) is 17.1 Å². The Balaban J connectivity index is 2.15. The first-order valence-electron chi connectivity index (χ1n) is 5.00. The second-order valence-corrected chi connectivity index (χ2v) is 5.50. The molecule has 0 saturated heterocycles. The van der Waals surface area contributed by atoms with E-state index >= 15 is 0 Å². The van der Waals surface area contributed by atoms with Crippen LogP contribution in [0.3, 0.4) is 0 Å². The Labute approximate surface area is 98.3 Å². The number of imidazole rings is 1. The van der Waals surface area contributed by atoms with Crippen LogP contribution in [0.15, 0.2) is 11.4 Å². The molecular weight excluding hydrogens is 246 g/mol. The SMILES string of the molecule is Cn1cnc(N)c1S(=O)(=O)NC(=O)NC1CC1. The van der Waals surface area contributed by atoms with E-state index in [0.29, 0.717) is 0 Å². The lowest BCUT2D eigenvalue weighted by Gasteiger charge is -2.08. The first-order chi connectivity index (χ1) is 7.90. The Morgan fingerprint density at radius 3 is 2.71 bits per heavy atom. The molecule has 1 aliphatic carbocycles. The van der Waals surface area contributed by atoms with Gasteiger partial charge < -0.3 is 15.6 Å². The standard InChI is InChI=1S/C8H13N5O3S/c1-13-4-10-6(9)7(13)17(15,16)12-8(14)11-5-2-3-5/h4-5H,2-3,9H2,1H3,(H2,11,12,14). The zero-order valence-corrected chi connectivity index (χ0v) is 9.99. The molecule has 0 atom stereocenters. The van der Waals surface area contributed by atoms with Crippen molar-refractivity contribution in [2.75, 3.05) is 5.73 Å². The third-order valence-electron chi connectivity index (χ3n) is 2.30. The number of hydrogen-bond donors (Lipinski definition) is 3. The summed E-state index contributed by atoms with van der Waals surface area (Å²) in [6.45, 7) is 0. The van der Waals surface area contributed by atoms with E-state index in [1.54, 1.807) is 0 Å². The topological polar surface area (TPSA) is 119 Å². The number of aryl methyl sites for hydroxylation is 1. The molecule has 0 radical (unpaired) electrons. The van der Waals surface area contributed by atoms with Crippen molar-refractivity contribution < 1.29 is 13.2 Å². The molecule has 2 amide bonds. The predicted octanol–water partition coefficient (Wildman–Crippen LogP) is -0.847. The van der Waals surface area contributed by atoms with Crippen LogP contribution in [0.25, 0.3) is 0 Å². The largest absolute Gasteiger partial charge is 0.381 e. The number of rotatable bonds is 3. The van der Waals surface area contributed by atoms with Crippen molar-refractivity contribution in [3.8, 4) is 0 Å². The fraction of sp³-hybridized carbons (Fsp3) is 0.500. The Morgan fingerprint density at radius 2 is 2.24 bits per heavy atom. The molecule has 9 heteroatoms. The quantitative estimate of drug-likeness (QED) is 0.653. The molecule has 1 aromatic rings. The van der Waals surface area contributed by atoms with Crippen molar-refractivity contribution in [2.24, 2.45) is 7.05 Å². The van der Waals surface area contributed by atoms with Gasteiger partial charge in [-0.1, -0.05) is 0 Å². The number of nitrogen functional groups attached to an aromatic ring is 1. The second-order valence-electron chi connectivity index (χ2n) is 3.90. The van der Waals surface area contributed by atoms with E-state index < -0.39 is 16.1 Å². The molecule has 1 saturated carbocycles. The van der Waals surface area contributed by atoms with Crippen LogP contribution in [0.5, 0.6) is 0 Å². The van der Waals surface area contributed by atoms with E-state index in [2.05, 4.69) is 10.3 Å². The molecule has 0 spiro atoms. The highest BCUT2D eigenvalue weighted by molar-refractivity contribution is 7.90. The van der Waals surface area contributed by atoms with Crippen LogP contribution in [0, 0.1) is 0 Å². The smallest absolute Gasteiger partial charge is 0.328 e. The van der Waals surface area contributed by atoms with Gasteiger partial charge in [0.05, 0.1) is 6.33 Å². The molecule has 94 valence electrons. The number of urea groups is 1. The van der Waals surface area contributed by atoms with Crippen LogP contribution >= 0.6 is 0 Å². The number of nitrogens with one attached hydrogen (secondary N) is 2. The predicted molar refractivity (Wildman–Crippen MR) is 59.5 cm³/mol. The van der Waals surface area contributed by atoms with E-state index in [1.165, 1.54) is 17.9 Å². The molecule has 1 heterocycles. The summed E-state index contributed by atoms with van der Waals surface area (Å²) in [4.78, 5) is 15.0. The molecule has 4 N–H and O–H groups in total. The lowest BCUT2D eigenvalue weighted by atomic mass is 10.7. The molecule has 0 aromatic carbocycles. The van der Waals surface area contributed by atoms with Crippen molar-refractivity contribution in [3.05, 3.63) is 6.33 Å². The van der Waals surface area contributed by atoms with Gasteiger partial charge in [-0.15, -0.1) is 0 Å². The van der Waals surface area contributed by atoms with Crippen molar-refractivity contribution >= 4 is 21.9 Å². The van der Waals surface area contributed by atoms with Gasteiger partial charge in [0.1, 0.15) is 0 Å². The minimum Gasteiger partial charge on any atom is -0.381 e. The van der Waals surface area contributed by atoms with Crippen LogP contribution in [0.1, 0.15) is 12.8 Å². The average molecular weight is 259 g/mol. The highest BCUT2D eigenvalue weighted by Gasteiger charge is 2.28. The summed E-state index contributed by atoms with van der Waals surface area (Å²) < 4.78 is 26.8. The minimum absolute atomic E-state index is 0.0779. The summed E-state index contributed by atoms with van der Waals surface area (Å²) in [7, 11) is -2.50. The van der Waals surface area contributed by atoms with Crippen molar-refractivity contribution in [1.82, 2.24) is 19.6 Å².